The van der Waals surface area contributed by atoms with Gasteiger partial charge >= 0.3 is 12.1 Å². The molecule has 0 saturated carbocycles. The number of nitro groups is 2. The molecule has 0 aliphatic rings. The third kappa shape index (κ3) is 4.64. The lowest BCUT2D eigenvalue weighted by molar-refractivity contribution is -0.644. The highest BCUT2D eigenvalue weighted by molar-refractivity contribution is 5.97. The third-order valence-corrected chi connectivity index (χ3v) is 2.17. The number of carboxylic acids is 2. The van der Waals surface area contributed by atoms with Gasteiger partial charge in [-0.25, -0.2) is 0 Å². The Balaban J connectivity index is 6.00. The summed E-state index contributed by atoms with van der Waals surface area (Å²) < 4.78 is 51.3. The average molecular weight is 332 g/mol. The zero-order valence-corrected chi connectivity index (χ0v) is 10.1. The van der Waals surface area contributed by atoms with E-state index in [1.54, 1.807) is 0 Å². The number of carboxylic acid groups (broad SMARTS) is 2. The first-order valence-corrected chi connectivity index (χ1v) is 4.91. The molecule has 0 atom stereocenters. The normalized spacial score (nSPS) is 13.3. The summed E-state index contributed by atoms with van der Waals surface area (Å²) in [6, 6.07) is -10.1. The Bertz CT molecular complexity index is 510. The standard InChI is InChI=1S/C8H6F4N2O8/c9-7(10,13(19)20)1-3(5(15)16)4(6(17)18)2-8(11,12)14(21)22/h1-2H2,(H,15,16)(H,17,18)/p-2/b4-3-. The molecular weight excluding hydrogens is 328 g/mol. The topological polar surface area (TPSA) is 167 Å². The van der Waals surface area contributed by atoms with Crippen LogP contribution in [-0.2, 0) is 9.59 Å². The molecule has 0 radical (unpaired) electrons. The second kappa shape index (κ2) is 6.31. The molecule has 0 unspecified atom stereocenters. The maximum atomic E-state index is 12.8. The van der Waals surface area contributed by atoms with E-state index in [0.29, 0.717) is 0 Å². The van der Waals surface area contributed by atoms with Gasteiger partial charge in [-0.1, -0.05) is 0 Å². The van der Waals surface area contributed by atoms with Gasteiger partial charge in [-0.05, 0) is 11.1 Å². The Hall–Kier alpha value is -2.80. The molecular formula is C8H4F4N2O8-2. The molecule has 0 amide bonds. The van der Waals surface area contributed by atoms with Crippen LogP contribution in [-0.4, -0.2) is 33.9 Å². The number of rotatable bonds is 8. The molecule has 124 valence electrons. The number of carbonyl (C=O) groups is 2. The van der Waals surface area contributed by atoms with Crippen LogP contribution < -0.4 is 10.2 Å². The molecule has 14 heteroatoms. The Morgan fingerprint density at radius 2 is 1.00 bits per heavy atom. The zero-order valence-electron chi connectivity index (χ0n) is 10.1. The van der Waals surface area contributed by atoms with Crippen LogP contribution in [0.3, 0.4) is 0 Å². The molecule has 0 aromatic carbocycles. The molecule has 0 aliphatic heterocycles. The van der Waals surface area contributed by atoms with Gasteiger partial charge in [-0.15, -0.1) is 17.6 Å². The number of halogens is 4. The van der Waals surface area contributed by atoms with Gasteiger partial charge in [-0.3, -0.25) is 20.2 Å². The number of nitrogens with zero attached hydrogens (tertiary/aromatic N) is 2. The third-order valence-electron chi connectivity index (χ3n) is 2.17. The van der Waals surface area contributed by atoms with Crippen molar-refractivity contribution >= 4 is 11.9 Å². The lowest BCUT2D eigenvalue weighted by Gasteiger charge is -2.19. The first-order valence-electron chi connectivity index (χ1n) is 4.91. The van der Waals surface area contributed by atoms with Gasteiger partial charge < -0.3 is 19.8 Å². The summed E-state index contributed by atoms with van der Waals surface area (Å²) in [7, 11) is 0. The summed E-state index contributed by atoms with van der Waals surface area (Å²) in [5, 5.41) is 41.1. The number of carbonyl (C=O) groups excluding carboxylic acids is 2. The maximum absolute atomic E-state index is 12.8. The molecule has 0 aromatic rings. The van der Waals surface area contributed by atoms with Crippen molar-refractivity contribution in [3.8, 4) is 0 Å². The quantitative estimate of drug-likeness (QED) is 0.167. The number of hydrogen-bond acceptors (Lipinski definition) is 8. The molecule has 0 aromatic heterocycles. The predicted octanol–water partition coefficient (Wildman–Crippen LogP) is -1.70. The van der Waals surface area contributed by atoms with E-state index in [1.165, 1.54) is 0 Å². The summed E-state index contributed by atoms with van der Waals surface area (Å²) >= 11 is 0. The van der Waals surface area contributed by atoms with Gasteiger partial charge in [0.25, 0.3) is 0 Å². The fourth-order valence-electron chi connectivity index (χ4n) is 1.16. The molecule has 0 rings (SSSR count). The van der Waals surface area contributed by atoms with Crippen LogP contribution in [0.4, 0.5) is 17.6 Å². The predicted molar refractivity (Wildman–Crippen MR) is 50.2 cm³/mol. The molecule has 0 fully saturated rings. The zero-order chi connectivity index (χ0) is 17.9. The van der Waals surface area contributed by atoms with Crippen molar-refractivity contribution in [1.29, 1.82) is 0 Å². The fraction of sp³-hybridized carbons (Fsp3) is 0.500. The minimum absolute atomic E-state index is 2.11. The second-order valence-electron chi connectivity index (χ2n) is 3.73. The van der Waals surface area contributed by atoms with E-state index in [9.17, 15) is 57.6 Å². The van der Waals surface area contributed by atoms with Gasteiger partial charge in [0.1, 0.15) is 12.8 Å². The molecule has 0 aliphatic carbocycles. The van der Waals surface area contributed by atoms with Gasteiger partial charge in [-0.2, -0.15) is 0 Å². The van der Waals surface area contributed by atoms with Gasteiger partial charge in [0.2, 0.25) is 0 Å². The highest BCUT2D eigenvalue weighted by Crippen LogP contribution is 2.30. The van der Waals surface area contributed by atoms with Crippen LogP contribution in [0.1, 0.15) is 12.8 Å². The van der Waals surface area contributed by atoms with Gasteiger partial charge in [0, 0.05) is 0 Å². The Labute approximate surface area is 116 Å². The number of aliphatic carboxylic acids is 2. The first-order chi connectivity index (χ1) is 9.72. The minimum atomic E-state index is -5.03. The Kier molecular flexibility index (Phi) is 5.51. The van der Waals surface area contributed by atoms with E-state index < -0.39 is 57.9 Å². The van der Waals surface area contributed by atoms with Crippen molar-refractivity contribution < 1.29 is 47.2 Å². The molecule has 0 spiro atoms. The second-order valence-corrected chi connectivity index (χ2v) is 3.73. The highest BCUT2D eigenvalue weighted by Gasteiger charge is 2.48. The number of hydrogen-bond donors (Lipinski definition) is 0. The van der Waals surface area contributed by atoms with Crippen molar-refractivity contribution in [3.63, 3.8) is 0 Å². The van der Waals surface area contributed by atoms with Crippen LogP contribution >= 0.6 is 0 Å². The van der Waals surface area contributed by atoms with E-state index in [0.717, 1.165) is 0 Å². The summed E-state index contributed by atoms with van der Waals surface area (Å²) in [5.74, 6) is -5.50. The van der Waals surface area contributed by atoms with Crippen molar-refractivity contribution in [1.82, 2.24) is 0 Å². The van der Waals surface area contributed by atoms with Crippen LogP contribution in [0.2, 0.25) is 0 Å². The molecule has 22 heavy (non-hydrogen) atoms. The van der Waals surface area contributed by atoms with Crippen LogP contribution in [0, 0.1) is 20.2 Å². The van der Waals surface area contributed by atoms with E-state index in [2.05, 4.69) is 0 Å². The largest absolute Gasteiger partial charge is 0.545 e. The van der Waals surface area contributed by atoms with E-state index in [1.807, 2.05) is 0 Å². The molecule has 0 N–H and O–H groups in total. The minimum Gasteiger partial charge on any atom is -0.545 e. The smallest absolute Gasteiger partial charge is 0.514 e. The highest BCUT2D eigenvalue weighted by atomic mass is 19.3. The van der Waals surface area contributed by atoms with Gasteiger partial charge in [0.05, 0.1) is 21.8 Å². The van der Waals surface area contributed by atoms with Crippen molar-refractivity contribution in [2.24, 2.45) is 0 Å². The summed E-state index contributed by atoms with van der Waals surface area (Å²) in [4.78, 5) is 36.5. The van der Waals surface area contributed by atoms with Crippen LogP contribution in [0.15, 0.2) is 11.1 Å². The molecule has 0 bridgehead atoms. The molecule has 0 heterocycles. The van der Waals surface area contributed by atoms with Crippen molar-refractivity contribution in [2.75, 3.05) is 0 Å². The lowest BCUT2D eigenvalue weighted by Crippen LogP contribution is -2.39. The van der Waals surface area contributed by atoms with Crippen LogP contribution in [0.25, 0.3) is 0 Å². The Morgan fingerprint density at radius 3 is 1.14 bits per heavy atom. The Morgan fingerprint density at radius 1 is 0.773 bits per heavy atom. The van der Waals surface area contributed by atoms with Crippen molar-refractivity contribution in [3.05, 3.63) is 31.4 Å². The van der Waals surface area contributed by atoms with E-state index in [-0.39, 0.29) is 0 Å². The summed E-state index contributed by atoms with van der Waals surface area (Å²) in [5.41, 5.74) is -4.22. The average Bonchev–Trinajstić information content (AvgIpc) is 2.32. The molecule has 10 nitrogen and oxygen atoms in total. The lowest BCUT2D eigenvalue weighted by atomic mass is 10.0. The monoisotopic (exact) mass is 332 g/mol. The molecule has 0 saturated heterocycles. The first kappa shape index (κ1) is 19.2. The fourth-order valence-corrected chi connectivity index (χ4v) is 1.16. The summed E-state index contributed by atoms with van der Waals surface area (Å²) in [6.07, 6.45) is -4.86. The van der Waals surface area contributed by atoms with Crippen LogP contribution in [0.5, 0.6) is 0 Å². The van der Waals surface area contributed by atoms with E-state index in [4.69, 9.17) is 0 Å². The number of alkyl halides is 4. The summed E-state index contributed by atoms with van der Waals surface area (Å²) in [6.45, 7) is 0. The SMILES string of the molecule is O=C([O-])/C(CC(F)(F)[N+](=O)[O-])=C(/CC(F)(F)[N+](=O)[O-])C(=O)[O-]. The van der Waals surface area contributed by atoms with Crippen molar-refractivity contribution in [2.45, 2.75) is 24.9 Å². The van der Waals surface area contributed by atoms with E-state index >= 15 is 0 Å². The van der Waals surface area contributed by atoms with Gasteiger partial charge in [0.15, 0.2) is 0 Å². The maximum Gasteiger partial charge on any atom is 0.514 e.